The number of carbonyl (C=O) groups is 4. The maximum Gasteiger partial charge on any atom is 0.274 e. The minimum atomic E-state index is -1.30. The Morgan fingerprint density at radius 1 is 1.02 bits per heavy atom. The number of aryl methyl sites for hydroxylation is 2. The first-order chi connectivity index (χ1) is 21.4. The van der Waals surface area contributed by atoms with Gasteiger partial charge in [-0.25, -0.2) is 0 Å². The van der Waals surface area contributed by atoms with E-state index in [2.05, 4.69) is 21.1 Å². The Hall–Kier alpha value is -5.08. The van der Waals surface area contributed by atoms with Crippen molar-refractivity contribution in [2.45, 2.75) is 66.2 Å². The normalized spacial score (nSPS) is 13.3. The molecule has 0 bridgehead atoms. The minimum absolute atomic E-state index is 0.00349. The van der Waals surface area contributed by atoms with Crippen molar-refractivity contribution >= 4 is 29.2 Å². The minimum Gasteiger partial charge on any atom is -0.391 e. The van der Waals surface area contributed by atoms with Crippen LogP contribution in [0.3, 0.4) is 0 Å². The van der Waals surface area contributed by atoms with Gasteiger partial charge in [0.05, 0.1) is 6.10 Å². The van der Waals surface area contributed by atoms with Gasteiger partial charge in [-0.3, -0.25) is 19.2 Å². The van der Waals surface area contributed by atoms with Gasteiger partial charge in [0.15, 0.2) is 11.5 Å². The van der Waals surface area contributed by atoms with E-state index in [1.54, 1.807) is 37.3 Å². The molecule has 3 rings (SSSR count). The van der Waals surface area contributed by atoms with Crippen molar-refractivity contribution in [1.82, 2.24) is 15.8 Å². The van der Waals surface area contributed by atoms with E-state index in [1.807, 2.05) is 51.1 Å². The number of Topliss-reactive ketones (excluding diaryl/α,β-unsaturated/α-hetero) is 1. The van der Waals surface area contributed by atoms with E-state index < -0.39 is 41.6 Å². The predicted molar refractivity (Wildman–Crippen MR) is 168 cm³/mol. The third-order valence-electron chi connectivity index (χ3n) is 6.91. The number of nitrogens with zero attached hydrogens (tertiary/aromatic N) is 2. The lowest BCUT2D eigenvalue weighted by atomic mass is 9.90. The van der Waals surface area contributed by atoms with Crippen molar-refractivity contribution in [2.75, 3.05) is 5.32 Å². The van der Waals surface area contributed by atoms with Crippen molar-refractivity contribution in [3.63, 3.8) is 0 Å². The zero-order chi connectivity index (χ0) is 33.1. The largest absolute Gasteiger partial charge is 0.391 e. The van der Waals surface area contributed by atoms with E-state index in [4.69, 9.17) is 4.52 Å². The Bertz CT molecular complexity index is 1580. The molecule has 0 aliphatic carbocycles. The highest BCUT2D eigenvalue weighted by atomic mass is 16.5. The number of aromatic nitrogens is 1. The van der Waals surface area contributed by atoms with Gasteiger partial charge in [-0.2, -0.15) is 5.26 Å². The number of rotatable bonds is 14. The molecular weight excluding hydrogens is 574 g/mol. The summed E-state index contributed by atoms with van der Waals surface area (Å²) in [7, 11) is 0. The van der Waals surface area contributed by atoms with Crippen LogP contribution in [-0.4, -0.2) is 45.9 Å². The monoisotopic (exact) mass is 613 g/mol. The van der Waals surface area contributed by atoms with E-state index in [1.165, 1.54) is 13.0 Å². The molecule has 2 aromatic carbocycles. The molecule has 0 unspecified atom stereocenters. The topological polar surface area (TPSA) is 174 Å². The van der Waals surface area contributed by atoms with Crippen molar-refractivity contribution < 1.29 is 28.8 Å². The summed E-state index contributed by atoms with van der Waals surface area (Å²) < 4.78 is 4.93. The number of hydrogen-bond acceptors (Lipinski definition) is 8. The summed E-state index contributed by atoms with van der Waals surface area (Å²) in [4.78, 5) is 52.3. The standard InChI is InChI=1S/C34H39N5O6/c1-20(2)13-27(18-35)33(43)37-28-8-6-7-25(16-28)15-26(32(42)36-19-24-11-9-21(3)10-12-24)17-30(41)31(23(5)40)38-34(44)29-14-22(4)45-39-29/h6-14,16,20,23,26,31,40H,15,17,19H2,1-5H3,(H,36,42)(H,37,43)(H,38,44)/t23-,26-,31+/m1/s1. The number of allylic oxidation sites excluding steroid dienone is 1. The van der Waals surface area contributed by atoms with Gasteiger partial charge in [-0.1, -0.05) is 67.0 Å². The Morgan fingerprint density at radius 3 is 2.33 bits per heavy atom. The molecule has 0 saturated carbocycles. The number of ketones is 1. The van der Waals surface area contributed by atoms with Gasteiger partial charge in [0.2, 0.25) is 5.91 Å². The zero-order valence-corrected chi connectivity index (χ0v) is 26.1. The Balaban J connectivity index is 1.82. The number of benzene rings is 2. The highest BCUT2D eigenvalue weighted by Crippen LogP contribution is 2.20. The van der Waals surface area contributed by atoms with Crippen molar-refractivity contribution in [2.24, 2.45) is 11.8 Å². The fourth-order valence-corrected chi connectivity index (χ4v) is 4.58. The van der Waals surface area contributed by atoms with E-state index in [0.29, 0.717) is 17.0 Å². The molecule has 0 fully saturated rings. The molecule has 0 saturated heterocycles. The summed E-state index contributed by atoms with van der Waals surface area (Å²) >= 11 is 0. The maximum absolute atomic E-state index is 13.5. The van der Waals surface area contributed by atoms with Crippen LogP contribution in [0.1, 0.15) is 60.1 Å². The van der Waals surface area contributed by atoms with Crippen LogP contribution in [0.25, 0.3) is 0 Å². The third kappa shape index (κ3) is 10.5. The molecular formula is C34H39N5O6. The lowest BCUT2D eigenvalue weighted by molar-refractivity contribution is -0.131. The molecule has 3 amide bonds. The summed E-state index contributed by atoms with van der Waals surface area (Å²) in [5.74, 6) is -2.66. The van der Waals surface area contributed by atoms with Gasteiger partial charge in [0.25, 0.3) is 11.8 Å². The number of carbonyl (C=O) groups excluding carboxylic acids is 4. The lowest BCUT2D eigenvalue weighted by Gasteiger charge is -2.23. The average Bonchev–Trinajstić information content (AvgIpc) is 3.43. The van der Waals surface area contributed by atoms with Crippen LogP contribution >= 0.6 is 0 Å². The molecule has 0 radical (unpaired) electrons. The number of nitriles is 1. The van der Waals surface area contributed by atoms with Gasteiger partial charge in [-0.05, 0) is 56.4 Å². The second kappa shape index (κ2) is 16.1. The van der Waals surface area contributed by atoms with E-state index >= 15 is 0 Å². The summed E-state index contributed by atoms with van der Waals surface area (Å²) in [6.45, 7) is 8.91. The highest BCUT2D eigenvalue weighted by Gasteiger charge is 2.31. The highest BCUT2D eigenvalue weighted by molar-refractivity contribution is 6.06. The van der Waals surface area contributed by atoms with E-state index in [9.17, 15) is 29.5 Å². The molecule has 236 valence electrons. The van der Waals surface area contributed by atoms with Crippen LogP contribution in [0.15, 0.2) is 70.8 Å². The van der Waals surface area contributed by atoms with Crippen LogP contribution in [0.5, 0.6) is 0 Å². The van der Waals surface area contributed by atoms with Crippen LogP contribution in [-0.2, 0) is 27.3 Å². The number of anilines is 1. The first-order valence-corrected chi connectivity index (χ1v) is 14.7. The molecule has 0 spiro atoms. The van der Waals surface area contributed by atoms with Crippen molar-refractivity contribution in [3.05, 3.63) is 94.4 Å². The van der Waals surface area contributed by atoms with Crippen molar-refractivity contribution in [3.8, 4) is 6.07 Å². The lowest BCUT2D eigenvalue weighted by Crippen LogP contribution is -2.49. The zero-order valence-electron chi connectivity index (χ0n) is 26.1. The number of hydrogen-bond donors (Lipinski definition) is 4. The first kappa shape index (κ1) is 34.4. The second-order valence-corrected chi connectivity index (χ2v) is 11.4. The molecule has 1 aromatic heterocycles. The number of nitrogens with one attached hydrogen (secondary N) is 3. The fourth-order valence-electron chi connectivity index (χ4n) is 4.58. The fraction of sp³-hybridized carbons (Fsp3) is 0.353. The smallest absolute Gasteiger partial charge is 0.274 e. The Kier molecular flexibility index (Phi) is 12.3. The molecule has 3 atom stereocenters. The first-order valence-electron chi connectivity index (χ1n) is 14.7. The Morgan fingerprint density at radius 2 is 1.73 bits per heavy atom. The Labute approximate surface area is 262 Å². The molecule has 1 heterocycles. The van der Waals surface area contributed by atoms with E-state index in [0.717, 1.165) is 11.1 Å². The second-order valence-electron chi connectivity index (χ2n) is 11.4. The third-order valence-corrected chi connectivity index (χ3v) is 6.91. The van der Waals surface area contributed by atoms with Crippen LogP contribution < -0.4 is 16.0 Å². The van der Waals surface area contributed by atoms with Gasteiger partial charge in [0, 0.05) is 30.6 Å². The van der Waals surface area contributed by atoms with Gasteiger partial charge < -0.3 is 25.6 Å². The van der Waals surface area contributed by atoms with Crippen LogP contribution in [0, 0.1) is 37.0 Å². The van der Waals surface area contributed by atoms with Gasteiger partial charge in [-0.15, -0.1) is 0 Å². The molecule has 11 nitrogen and oxygen atoms in total. The van der Waals surface area contributed by atoms with Gasteiger partial charge >= 0.3 is 0 Å². The molecule has 0 aliphatic heterocycles. The predicted octanol–water partition coefficient (Wildman–Crippen LogP) is 3.95. The molecule has 11 heteroatoms. The number of amides is 3. The summed E-state index contributed by atoms with van der Waals surface area (Å²) in [6, 6.07) is 16.5. The average molecular weight is 614 g/mol. The SMILES string of the molecule is Cc1ccc(CNC(=O)[C@@H](CC(=O)[C@@H](NC(=O)c2cc(C)on2)[C@@H](C)O)Cc2cccc(NC(=O)C(C#N)=CC(C)C)c2)cc1. The summed E-state index contributed by atoms with van der Waals surface area (Å²) in [6.07, 6.45) is 0.142. The van der Waals surface area contributed by atoms with Crippen molar-refractivity contribution in [1.29, 1.82) is 5.26 Å². The molecule has 4 N–H and O–H groups in total. The van der Waals surface area contributed by atoms with Crippen LogP contribution in [0.2, 0.25) is 0 Å². The summed E-state index contributed by atoms with van der Waals surface area (Å²) in [5, 5.41) is 31.5. The number of aliphatic hydroxyl groups excluding tert-OH is 1. The molecule has 45 heavy (non-hydrogen) atoms. The van der Waals surface area contributed by atoms with E-state index in [-0.39, 0.29) is 36.6 Å². The van der Waals surface area contributed by atoms with Crippen LogP contribution in [0.4, 0.5) is 5.69 Å². The molecule has 3 aromatic rings. The maximum atomic E-state index is 13.5. The van der Waals surface area contributed by atoms with Gasteiger partial charge in [0.1, 0.15) is 23.4 Å². The number of aliphatic hydroxyl groups is 1. The summed E-state index contributed by atoms with van der Waals surface area (Å²) in [5.41, 5.74) is 2.97. The quantitative estimate of drug-likeness (QED) is 0.156. The molecule has 0 aliphatic rings.